The van der Waals surface area contributed by atoms with Gasteiger partial charge >= 0.3 is 0 Å². The van der Waals surface area contributed by atoms with Gasteiger partial charge in [0.15, 0.2) is 0 Å². The topological polar surface area (TPSA) is 35.6 Å². The Kier molecular flexibility index (Phi) is 5.02. The predicted octanol–water partition coefficient (Wildman–Crippen LogP) is 2.11. The van der Waals surface area contributed by atoms with Crippen LogP contribution in [-0.2, 0) is 11.3 Å². The molecule has 4 heteroatoms. The molecule has 2 fully saturated rings. The highest BCUT2D eigenvalue weighted by atomic mass is 16.2. The zero-order valence-corrected chi connectivity index (χ0v) is 14.4. The third-order valence-corrected chi connectivity index (χ3v) is 5.76. The molecular formula is C19H29N3O. The second kappa shape index (κ2) is 7.02. The minimum Gasteiger partial charge on any atom is -0.341 e. The summed E-state index contributed by atoms with van der Waals surface area (Å²) < 4.78 is 0. The summed E-state index contributed by atoms with van der Waals surface area (Å²) >= 11 is 0. The number of piperidine rings is 1. The Labute approximate surface area is 139 Å². The summed E-state index contributed by atoms with van der Waals surface area (Å²) in [5, 5.41) is 3.48. The minimum absolute atomic E-state index is 0.0639. The molecular weight excluding hydrogens is 286 g/mol. The molecule has 0 bridgehead atoms. The van der Waals surface area contributed by atoms with Crippen LogP contribution in [0.15, 0.2) is 30.3 Å². The number of likely N-dealkylation sites (N-methyl/N-ethyl adjacent to an activating group) is 1. The highest BCUT2D eigenvalue weighted by Gasteiger charge is 2.38. The first kappa shape index (κ1) is 16.5. The van der Waals surface area contributed by atoms with Gasteiger partial charge in [0.2, 0.25) is 5.91 Å². The summed E-state index contributed by atoms with van der Waals surface area (Å²) in [5.41, 5.74) is 1.72. The molecule has 2 aliphatic rings. The van der Waals surface area contributed by atoms with Gasteiger partial charge in [-0.05, 0) is 50.8 Å². The Morgan fingerprint density at radius 1 is 1.26 bits per heavy atom. The lowest BCUT2D eigenvalue weighted by molar-refractivity contribution is -0.138. The number of carbonyl (C=O) groups is 1. The summed E-state index contributed by atoms with van der Waals surface area (Å²) in [6.07, 6.45) is 3.58. The quantitative estimate of drug-likeness (QED) is 0.924. The summed E-state index contributed by atoms with van der Waals surface area (Å²) in [6, 6.07) is 10.3. The highest BCUT2D eigenvalue weighted by molar-refractivity contribution is 5.81. The van der Waals surface area contributed by atoms with Gasteiger partial charge in [0.1, 0.15) is 0 Å². The van der Waals surface area contributed by atoms with E-state index in [2.05, 4.69) is 39.4 Å². The van der Waals surface area contributed by atoms with Crippen molar-refractivity contribution in [1.82, 2.24) is 15.1 Å². The van der Waals surface area contributed by atoms with Gasteiger partial charge in [-0.3, -0.25) is 9.69 Å². The molecule has 0 aliphatic carbocycles. The van der Waals surface area contributed by atoms with E-state index in [1.54, 1.807) is 0 Å². The van der Waals surface area contributed by atoms with E-state index in [-0.39, 0.29) is 11.9 Å². The number of nitrogens with one attached hydrogen (secondary N) is 1. The Bertz CT molecular complexity index is 515. The molecule has 0 aromatic heterocycles. The second-order valence-electron chi connectivity index (χ2n) is 7.33. The number of rotatable bonds is 4. The van der Waals surface area contributed by atoms with Crippen molar-refractivity contribution in [3.05, 3.63) is 35.9 Å². The number of benzene rings is 1. The molecule has 126 valence electrons. The van der Waals surface area contributed by atoms with Gasteiger partial charge in [0, 0.05) is 26.2 Å². The lowest BCUT2D eigenvalue weighted by Crippen LogP contribution is -2.50. The van der Waals surface area contributed by atoms with E-state index in [1.807, 2.05) is 20.0 Å². The largest absolute Gasteiger partial charge is 0.341 e. The van der Waals surface area contributed by atoms with Gasteiger partial charge < -0.3 is 10.2 Å². The van der Waals surface area contributed by atoms with Crippen molar-refractivity contribution in [3.63, 3.8) is 0 Å². The molecule has 1 N–H and O–H groups in total. The molecule has 2 aliphatic heterocycles. The van der Waals surface area contributed by atoms with Crippen LogP contribution in [0.5, 0.6) is 0 Å². The fourth-order valence-corrected chi connectivity index (χ4v) is 3.88. The van der Waals surface area contributed by atoms with E-state index >= 15 is 0 Å². The zero-order valence-electron chi connectivity index (χ0n) is 14.4. The van der Waals surface area contributed by atoms with Gasteiger partial charge in [-0.1, -0.05) is 30.3 Å². The third kappa shape index (κ3) is 3.75. The van der Waals surface area contributed by atoms with Crippen LogP contribution >= 0.6 is 0 Å². The number of hydrogen-bond donors (Lipinski definition) is 1. The molecule has 4 nitrogen and oxygen atoms in total. The maximum absolute atomic E-state index is 12.8. The maximum atomic E-state index is 12.8. The van der Waals surface area contributed by atoms with E-state index in [9.17, 15) is 4.79 Å². The molecule has 23 heavy (non-hydrogen) atoms. The molecule has 1 atom stereocenters. The van der Waals surface area contributed by atoms with E-state index in [1.165, 1.54) is 12.0 Å². The Morgan fingerprint density at radius 2 is 1.96 bits per heavy atom. The molecule has 1 amide bonds. The normalized spacial score (nSPS) is 21.8. The summed E-state index contributed by atoms with van der Waals surface area (Å²) in [5.74, 6) is 0.282. The Balaban J connectivity index is 1.53. The molecule has 1 unspecified atom stereocenters. The molecule has 1 aromatic rings. The van der Waals surface area contributed by atoms with Crippen LogP contribution in [0.3, 0.4) is 0 Å². The van der Waals surface area contributed by atoms with Crippen LogP contribution in [0.4, 0.5) is 0 Å². The second-order valence-corrected chi connectivity index (χ2v) is 7.33. The summed E-state index contributed by atoms with van der Waals surface area (Å²) in [4.78, 5) is 17.0. The molecule has 1 aromatic carbocycles. The van der Waals surface area contributed by atoms with Crippen molar-refractivity contribution in [3.8, 4) is 0 Å². The molecule has 3 rings (SSSR count). The SMILES string of the molecule is CC(C(=O)N1CCC2(CCNC2)CC1)N(C)Cc1ccccc1. The first-order valence-electron chi connectivity index (χ1n) is 8.83. The molecule has 0 saturated carbocycles. The molecule has 2 heterocycles. The van der Waals surface area contributed by atoms with Crippen molar-refractivity contribution < 1.29 is 4.79 Å². The van der Waals surface area contributed by atoms with E-state index in [0.29, 0.717) is 5.41 Å². The van der Waals surface area contributed by atoms with Crippen LogP contribution in [0.1, 0.15) is 31.7 Å². The van der Waals surface area contributed by atoms with E-state index < -0.39 is 0 Å². The number of hydrogen-bond acceptors (Lipinski definition) is 3. The van der Waals surface area contributed by atoms with Crippen LogP contribution in [0, 0.1) is 5.41 Å². The van der Waals surface area contributed by atoms with Gasteiger partial charge in [-0.2, -0.15) is 0 Å². The monoisotopic (exact) mass is 315 g/mol. The van der Waals surface area contributed by atoms with Crippen molar-refractivity contribution in [2.45, 2.75) is 38.8 Å². The van der Waals surface area contributed by atoms with Gasteiger partial charge in [-0.25, -0.2) is 0 Å². The molecule has 0 radical (unpaired) electrons. The average Bonchev–Trinajstić information content (AvgIpc) is 3.03. The van der Waals surface area contributed by atoms with Crippen molar-refractivity contribution in [2.75, 3.05) is 33.2 Å². The number of nitrogens with zero attached hydrogens (tertiary/aromatic N) is 2. The lowest BCUT2D eigenvalue weighted by Gasteiger charge is -2.40. The van der Waals surface area contributed by atoms with Crippen LogP contribution < -0.4 is 5.32 Å². The smallest absolute Gasteiger partial charge is 0.239 e. The molecule has 2 saturated heterocycles. The van der Waals surface area contributed by atoms with Crippen molar-refractivity contribution in [1.29, 1.82) is 0 Å². The Hall–Kier alpha value is -1.39. The predicted molar refractivity (Wildman–Crippen MR) is 93.1 cm³/mol. The first-order chi connectivity index (χ1) is 11.1. The van der Waals surface area contributed by atoms with Crippen LogP contribution in [0.2, 0.25) is 0 Å². The molecule has 1 spiro atoms. The fraction of sp³-hybridized carbons (Fsp3) is 0.632. The number of amides is 1. The van der Waals surface area contributed by atoms with Crippen molar-refractivity contribution in [2.24, 2.45) is 5.41 Å². The average molecular weight is 315 g/mol. The highest BCUT2D eigenvalue weighted by Crippen LogP contribution is 2.37. The van der Waals surface area contributed by atoms with E-state index in [4.69, 9.17) is 0 Å². The zero-order chi connectivity index (χ0) is 16.3. The van der Waals surface area contributed by atoms with Gasteiger partial charge in [-0.15, -0.1) is 0 Å². The first-order valence-corrected chi connectivity index (χ1v) is 8.83. The van der Waals surface area contributed by atoms with Crippen LogP contribution in [0.25, 0.3) is 0 Å². The van der Waals surface area contributed by atoms with Crippen LogP contribution in [-0.4, -0.2) is 55.0 Å². The fourth-order valence-electron chi connectivity index (χ4n) is 3.88. The van der Waals surface area contributed by atoms with Gasteiger partial charge in [0.05, 0.1) is 6.04 Å². The summed E-state index contributed by atoms with van der Waals surface area (Å²) in [7, 11) is 2.04. The Morgan fingerprint density at radius 3 is 2.57 bits per heavy atom. The lowest BCUT2D eigenvalue weighted by atomic mass is 9.78. The summed E-state index contributed by atoms with van der Waals surface area (Å²) in [6.45, 7) is 6.97. The minimum atomic E-state index is -0.0639. The van der Waals surface area contributed by atoms with Gasteiger partial charge in [0.25, 0.3) is 0 Å². The standard InChI is InChI=1S/C19H29N3O/c1-16(21(2)14-17-6-4-3-5-7-17)18(23)22-12-9-19(10-13-22)8-11-20-15-19/h3-7,16,20H,8-15H2,1-2H3. The third-order valence-electron chi connectivity index (χ3n) is 5.76. The maximum Gasteiger partial charge on any atom is 0.239 e. The van der Waals surface area contributed by atoms with E-state index in [0.717, 1.165) is 45.6 Å². The van der Waals surface area contributed by atoms with Crippen molar-refractivity contribution >= 4 is 5.91 Å². The number of likely N-dealkylation sites (tertiary alicyclic amines) is 1. The number of carbonyl (C=O) groups excluding carboxylic acids is 1.